The summed E-state index contributed by atoms with van der Waals surface area (Å²) in [6.45, 7) is 8.20. The van der Waals surface area contributed by atoms with Gasteiger partial charge in [-0.15, -0.1) is 0 Å². The molecule has 0 spiro atoms. The van der Waals surface area contributed by atoms with E-state index >= 15 is 0 Å². The van der Waals surface area contributed by atoms with Gasteiger partial charge in [0.15, 0.2) is 0 Å². The number of piperazine rings is 1. The highest BCUT2D eigenvalue weighted by molar-refractivity contribution is 5.70. The number of fused-ring (bicyclic) bond motifs is 1. The van der Waals surface area contributed by atoms with Crippen LogP contribution in [-0.4, -0.2) is 75.3 Å². The lowest BCUT2D eigenvalue weighted by Gasteiger charge is -2.30. The number of rotatable bonds is 9. The predicted octanol–water partition coefficient (Wildman–Crippen LogP) is 3.45. The average Bonchev–Trinajstić information content (AvgIpc) is 3.39. The fraction of sp³-hybridized carbons (Fsp3) is 0.586. The van der Waals surface area contributed by atoms with Gasteiger partial charge in [-0.05, 0) is 73.9 Å². The van der Waals surface area contributed by atoms with E-state index in [9.17, 15) is 4.79 Å². The Morgan fingerprint density at radius 2 is 2.06 bits per heavy atom. The van der Waals surface area contributed by atoms with Crippen LogP contribution in [0, 0.1) is 5.92 Å². The van der Waals surface area contributed by atoms with E-state index in [1.807, 2.05) is 0 Å². The van der Waals surface area contributed by atoms with Crippen LogP contribution in [0.15, 0.2) is 36.4 Å². The molecule has 194 valence electrons. The van der Waals surface area contributed by atoms with Gasteiger partial charge < -0.3 is 25.2 Å². The number of likely N-dealkylation sites (tertiary alicyclic amines) is 1. The summed E-state index contributed by atoms with van der Waals surface area (Å²) in [4.78, 5) is 22.2. The van der Waals surface area contributed by atoms with Crippen LogP contribution in [0.3, 0.4) is 0 Å². The Labute approximate surface area is 215 Å². The van der Waals surface area contributed by atoms with Gasteiger partial charge in [0.05, 0.1) is 13.5 Å². The van der Waals surface area contributed by atoms with E-state index in [-0.39, 0.29) is 11.9 Å². The smallest absolute Gasteiger partial charge is 0.306 e. The molecule has 36 heavy (non-hydrogen) atoms. The second-order valence-electron chi connectivity index (χ2n) is 10.6. The van der Waals surface area contributed by atoms with E-state index in [0.717, 1.165) is 71.0 Å². The summed E-state index contributed by atoms with van der Waals surface area (Å²) in [7, 11) is 1.49. The number of aromatic nitrogens is 1. The predicted molar refractivity (Wildman–Crippen MR) is 145 cm³/mol. The van der Waals surface area contributed by atoms with Gasteiger partial charge in [-0.1, -0.05) is 18.2 Å². The highest BCUT2D eigenvalue weighted by atomic mass is 16.5. The molecule has 3 aliphatic heterocycles. The lowest BCUT2D eigenvalue weighted by Crippen LogP contribution is -2.43. The summed E-state index contributed by atoms with van der Waals surface area (Å²) in [6, 6.07) is 13.3. The number of anilines is 2. The number of carbonyl (C=O) groups excluding carboxylic acids is 1. The molecule has 3 aliphatic rings. The van der Waals surface area contributed by atoms with Crippen LogP contribution in [0.2, 0.25) is 0 Å². The fourth-order valence-corrected chi connectivity index (χ4v) is 5.96. The molecule has 0 aliphatic carbocycles. The summed E-state index contributed by atoms with van der Waals surface area (Å²) in [5, 5.41) is 6.88. The van der Waals surface area contributed by atoms with Crippen LogP contribution in [0.5, 0.6) is 0 Å². The Morgan fingerprint density at radius 1 is 1.17 bits per heavy atom. The van der Waals surface area contributed by atoms with Crippen molar-refractivity contribution in [3.05, 3.63) is 53.2 Å². The third kappa shape index (κ3) is 6.37. The van der Waals surface area contributed by atoms with E-state index in [0.29, 0.717) is 12.3 Å². The summed E-state index contributed by atoms with van der Waals surface area (Å²) in [6.07, 6.45) is 6.18. The quantitative estimate of drug-likeness (QED) is 0.521. The molecule has 0 saturated carbocycles. The largest absolute Gasteiger partial charge is 0.469 e. The Balaban J connectivity index is 1.19. The molecule has 2 aromatic rings. The average molecular weight is 492 g/mol. The second kappa shape index (κ2) is 12.1. The lowest BCUT2D eigenvalue weighted by molar-refractivity contribution is -0.141. The minimum absolute atomic E-state index is 0.129. The van der Waals surface area contributed by atoms with Crippen molar-refractivity contribution >= 4 is 17.5 Å². The van der Waals surface area contributed by atoms with E-state index in [4.69, 9.17) is 9.72 Å². The highest BCUT2D eigenvalue weighted by Gasteiger charge is 2.27. The zero-order valence-corrected chi connectivity index (χ0v) is 21.7. The maximum Gasteiger partial charge on any atom is 0.306 e. The van der Waals surface area contributed by atoms with Gasteiger partial charge in [-0.3, -0.25) is 4.79 Å². The zero-order valence-electron chi connectivity index (χ0n) is 21.7. The zero-order chi connectivity index (χ0) is 24.7. The standard InChI is InChI=1S/C29H41N5O2/c1-36-28(35)19-25(24-4-2-6-27(18-24)34-16-13-30-14-17-34)21-33-15-11-22(20-33)7-9-26-10-8-23-5-3-12-31-29(23)32-26/h2,4,6,8,10,18,22,25,30H,3,5,7,9,11-17,19-21H2,1H3,(H,31,32)/t22-,25-/m1/s1. The van der Waals surface area contributed by atoms with Crippen molar-refractivity contribution in [2.24, 2.45) is 5.92 Å². The maximum absolute atomic E-state index is 12.3. The second-order valence-corrected chi connectivity index (χ2v) is 10.6. The molecule has 2 fully saturated rings. The minimum Gasteiger partial charge on any atom is -0.469 e. The first-order valence-electron chi connectivity index (χ1n) is 13.8. The summed E-state index contributed by atoms with van der Waals surface area (Å²) < 4.78 is 5.07. The summed E-state index contributed by atoms with van der Waals surface area (Å²) in [5.74, 6) is 1.80. The molecule has 7 heteroatoms. The number of nitrogens with zero attached hydrogens (tertiary/aromatic N) is 3. The molecule has 0 amide bonds. The van der Waals surface area contributed by atoms with Crippen molar-refractivity contribution < 1.29 is 9.53 Å². The normalized spacial score (nSPS) is 21.0. The van der Waals surface area contributed by atoms with Crippen LogP contribution >= 0.6 is 0 Å². The van der Waals surface area contributed by atoms with Gasteiger partial charge in [-0.2, -0.15) is 0 Å². The molecule has 4 heterocycles. The molecule has 2 N–H and O–H groups in total. The van der Waals surface area contributed by atoms with Gasteiger partial charge in [0.25, 0.3) is 0 Å². The van der Waals surface area contributed by atoms with E-state index in [2.05, 4.69) is 56.8 Å². The van der Waals surface area contributed by atoms with E-state index in [1.165, 1.54) is 48.9 Å². The number of benzene rings is 1. The Hall–Kier alpha value is -2.64. The maximum atomic E-state index is 12.3. The van der Waals surface area contributed by atoms with Gasteiger partial charge in [-0.25, -0.2) is 4.98 Å². The highest BCUT2D eigenvalue weighted by Crippen LogP contribution is 2.30. The first-order chi connectivity index (χ1) is 17.7. The van der Waals surface area contributed by atoms with Crippen LogP contribution in [-0.2, 0) is 22.4 Å². The molecule has 0 radical (unpaired) electrons. The Kier molecular flexibility index (Phi) is 8.39. The van der Waals surface area contributed by atoms with Gasteiger partial charge in [0, 0.05) is 63.1 Å². The molecule has 1 aromatic carbocycles. The number of esters is 1. The van der Waals surface area contributed by atoms with Crippen molar-refractivity contribution in [2.45, 2.75) is 44.4 Å². The Morgan fingerprint density at radius 3 is 2.92 bits per heavy atom. The molecule has 2 atom stereocenters. The summed E-state index contributed by atoms with van der Waals surface area (Å²) in [5.41, 5.74) is 5.06. The SMILES string of the molecule is COC(=O)C[C@H](CN1CC[C@@H](CCc2ccc3c(n2)NCCC3)C1)c1cccc(N2CCNCC2)c1. The number of pyridine rings is 1. The van der Waals surface area contributed by atoms with Crippen LogP contribution in [0.4, 0.5) is 11.5 Å². The third-order valence-corrected chi connectivity index (χ3v) is 8.07. The van der Waals surface area contributed by atoms with E-state index < -0.39 is 0 Å². The fourth-order valence-electron chi connectivity index (χ4n) is 5.96. The van der Waals surface area contributed by atoms with Crippen molar-refractivity contribution in [1.29, 1.82) is 0 Å². The molecular formula is C29H41N5O2. The Bertz CT molecular complexity index is 1020. The number of hydrogen-bond donors (Lipinski definition) is 2. The third-order valence-electron chi connectivity index (χ3n) is 8.07. The van der Waals surface area contributed by atoms with Crippen LogP contribution in [0.25, 0.3) is 0 Å². The molecule has 5 rings (SSSR count). The molecule has 0 unspecified atom stereocenters. The number of ether oxygens (including phenoxy) is 1. The van der Waals surface area contributed by atoms with Crippen molar-refractivity contribution in [2.75, 3.05) is 69.7 Å². The summed E-state index contributed by atoms with van der Waals surface area (Å²) >= 11 is 0. The molecule has 7 nitrogen and oxygen atoms in total. The van der Waals surface area contributed by atoms with Crippen molar-refractivity contribution in [3.63, 3.8) is 0 Å². The number of nitrogens with one attached hydrogen (secondary N) is 2. The first kappa shape index (κ1) is 25.0. The minimum atomic E-state index is -0.129. The monoisotopic (exact) mass is 491 g/mol. The van der Waals surface area contributed by atoms with E-state index in [1.54, 1.807) is 0 Å². The van der Waals surface area contributed by atoms with Gasteiger partial charge in [0.1, 0.15) is 5.82 Å². The number of hydrogen-bond acceptors (Lipinski definition) is 7. The van der Waals surface area contributed by atoms with Crippen LogP contribution in [0.1, 0.15) is 48.4 Å². The number of carbonyl (C=O) groups is 1. The van der Waals surface area contributed by atoms with Crippen molar-refractivity contribution in [1.82, 2.24) is 15.2 Å². The number of aryl methyl sites for hydroxylation is 2. The molecule has 1 aromatic heterocycles. The van der Waals surface area contributed by atoms with Gasteiger partial charge in [0.2, 0.25) is 0 Å². The van der Waals surface area contributed by atoms with Gasteiger partial charge >= 0.3 is 5.97 Å². The number of methoxy groups -OCH3 is 1. The van der Waals surface area contributed by atoms with Crippen LogP contribution < -0.4 is 15.5 Å². The first-order valence-corrected chi connectivity index (χ1v) is 13.8. The lowest BCUT2D eigenvalue weighted by atomic mass is 9.94. The molecule has 2 saturated heterocycles. The topological polar surface area (TPSA) is 69.7 Å². The molecular weight excluding hydrogens is 450 g/mol. The molecule has 0 bridgehead atoms. The van der Waals surface area contributed by atoms with Crippen molar-refractivity contribution in [3.8, 4) is 0 Å².